The number of halogens is 3. The maximum atomic E-state index is 14.7. The van der Waals surface area contributed by atoms with Crippen LogP contribution in [0.2, 0.25) is 0 Å². The zero-order valence-electron chi connectivity index (χ0n) is 41.1. The summed E-state index contributed by atoms with van der Waals surface area (Å²) in [5.74, 6) is -2.33. The fourth-order valence-electron chi connectivity index (χ4n) is 10.2. The van der Waals surface area contributed by atoms with Gasteiger partial charge in [0.05, 0.1) is 61.0 Å². The molecule has 4 aliphatic heterocycles. The molecule has 4 atom stereocenters. The van der Waals surface area contributed by atoms with Crippen LogP contribution in [0.15, 0.2) is 54.6 Å². The van der Waals surface area contributed by atoms with Crippen molar-refractivity contribution in [3.8, 4) is 22.5 Å². The monoisotopic (exact) mass is 1010 g/mol. The normalized spacial score (nSPS) is 21.3. The van der Waals surface area contributed by atoms with E-state index in [4.69, 9.17) is 19.2 Å². The third-order valence-corrected chi connectivity index (χ3v) is 14.6. The van der Waals surface area contributed by atoms with Gasteiger partial charge in [0.2, 0.25) is 11.8 Å². The number of thiazole rings is 1. The summed E-state index contributed by atoms with van der Waals surface area (Å²) in [7, 11) is 3.05. The number of nitrogens with one attached hydrogen (secondary N) is 2. The predicted molar refractivity (Wildman–Crippen MR) is 259 cm³/mol. The summed E-state index contributed by atoms with van der Waals surface area (Å²) < 4.78 is 63.0. The number of fused-ring (bicyclic) bond motifs is 6. The molecule has 1 unspecified atom stereocenters. The number of hydrogen-bond acceptors (Lipinski definition) is 12. The van der Waals surface area contributed by atoms with Gasteiger partial charge in [-0.3, -0.25) is 29.2 Å². The molecule has 1 spiro atoms. The molecule has 5 amide bonds. The molecule has 0 aliphatic carbocycles. The molecule has 8 rings (SSSR count). The van der Waals surface area contributed by atoms with Crippen LogP contribution in [0.1, 0.15) is 69.8 Å². The summed E-state index contributed by atoms with van der Waals surface area (Å²) in [6.45, 7) is 13.0. The van der Waals surface area contributed by atoms with E-state index in [0.29, 0.717) is 82.2 Å². The van der Waals surface area contributed by atoms with Gasteiger partial charge in [0.25, 0.3) is 5.91 Å². The van der Waals surface area contributed by atoms with Gasteiger partial charge in [-0.25, -0.2) is 15.2 Å². The summed E-state index contributed by atoms with van der Waals surface area (Å²) in [6.07, 6.45) is -1.41. The predicted octanol–water partition coefficient (Wildman–Crippen LogP) is 5.92. The minimum atomic E-state index is -4.60. The van der Waals surface area contributed by atoms with Crippen LogP contribution in [-0.4, -0.2) is 154 Å². The average molecular weight is 1010 g/mol. The smallest absolute Gasteiger partial charge is 0.406 e. The summed E-state index contributed by atoms with van der Waals surface area (Å²) in [6, 6.07) is 5.04. The highest BCUT2D eigenvalue weighted by Gasteiger charge is 2.51. The first-order valence-electron chi connectivity index (χ1n) is 23.9. The zero-order chi connectivity index (χ0) is 51.2. The van der Waals surface area contributed by atoms with Crippen LogP contribution >= 0.6 is 11.3 Å². The number of likely N-dealkylation sites (N-methyl/N-ethyl adjacent to an activating group) is 1. The van der Waals surface area contributed by atoms with Gasteiger partial charge < -0.3 is 38.8 Å². The minimum absolute atomic E-state index is 0.0633. The number of carbonyl (C=O) groups is 5. The lowest BCUT2D eigenvalue weighted by atomic mass is 9.84. The number of benzene rings is 1. The van der Waals surface area contributed by atoms with Crippen LogP contribution in [0.25, 0.3) is 33.4 Å². The Morgan fingerprint density at radius 3 is 2.56 bits per heavy atom. The number of urea groups is 1. The van der Waals surface area contributed by atoms with Crippen molar-refractivity contribution in [3.05, 3.63) is 70.8 Å². The van der Waals surface area contributed by atoms with E-state index in [1.54, 1.807) is 66.4 Å². The third kappa shape index (κ3) is 10.8. The first-order chi connectivity index (χ1) is 33.6. The van der Waals surface area contributed by atoms with Crippen molar-refractivity contribution in [1.82, 2.24) is 45.0 Å². The number of likely N-dealkylation sites (tertiary alicyclic amines) is 1. The van der Waals surface area contributed by atoms with Gasteiger partial charge in [0.15, 0.2) is 0 Å². The minimum Gasteiger partial charge on any atom is -0.464 e. The van der Waals surface area contributed by atoms with Crippen LogP contribution in [0.5, 0.6) is 0 Å². The van der Waals surface area contributed by atoms with Crippen molar-refractivity contribution in [2.45, 2.75) is 103 Å². The number of ether oxygens (including phenoxy) is 3. The molecular weight excluding hydrogens is 944 g/mol. The number of morpholine rings is 1. The first-order valence-corrected chi connectivity index (χ1v) is 24.8. The quantitative estimate of drug-likeness (QED) is 0.150. The van der Waals surface area contributed by atoms with Crippen LogP contribution in [-0.2, 0) is 52.8 Å². The van der Waals surface area contributed by atoms with Gasteiger partial charge in [-0.15, -0.1) is 11.3 Å². The van der Waals surface area contributed by atoms with Gasteiger partial charge in [0, 0.05) is 72.7 Å². The summed E-state index contributed by atoms with van der Waals surface area (Å²) >= 11 is 1.26. The number of hydrogen-bond donors (Lipinski definition) is 2. The molecule has 4 aliphatic rings. The first kappa shape index (κ1) is 51.5. The molecule has 3 aromatic heterocycles. The number of carbonyl (C=O) groups excluding carboxylic acids is 5. The Kier molecular flexibility index (Phi) is 14.7. The van der Waals surface area contributed by atoms with E-state index in [1.807, 2.05) is 19.9 Å². The van der Waals surface area contributed by atoms with E-state index < -0.39 is 77.7 Å². The maximum absolute atomic E-state index is 14.7. The Labute approximate surface area is 414 Å². The molecule has 2 N–H and O–H groups in total. The van der Waals surface area contributed by atoms with Crippen molar-refractivity contribution in [2.24, 2.45) is 11.3 Å². The molecule has 3 saturated heterocycles. The standard InChI is InChI=1S/C50H62F3N9O8S/c1-9-40(63)59-18-19-70-49(24-59)25-60(26-49)47(67)58(7)42(29(2)3)44(64)56-36-21-39-55-37(23-71-39)31-14-15-38-33(20-31)34(22-48(5,6)28-69-46(66)35-13-11-17-62(57-35)45(36)65)43(61(38)27-50(51,52)53)32-12-10-16-54-41(32)30(4)68-8/h9-10,12,14-16,20,23,29-30,35-36,42,57H,1,11,13,17-19,21-22,24-28H2,2-8H3,(H,56,64)/t30-,35-,36-,42?/m0/s1. The molecule has 6 bridgehead atoms. The Morgan fingerprint density at radius 2 is 1.86 bits per heavy atom. The number of esters is 1. The lowest BCUT2D eigenvalue weighted by Gasteiger charge is -2.54. The van der Waals surface area contributed by atoms with Crippen molar-refractivity contribution in [3.63, 3.8) is 0 Å². The molecule has 17 nitrogen and oxygen atoms in total. The number of nitrogens with zero attached hydrogens (tertiary/aromatic N) is 7. The second kappa shape index (κ2) is 20.3. The maximum Gasteiger partial charge on any atom is 0.406 e. The highest BCUT2D eigenvalue weighted by atomic mass is 32.1. The van der Waals surface area contributed by atoms with Crippen LogP contribution in [0.4, 0.5) is 18.0 Å². The highest BCUT2D eigenvalue weighted by Crippen LogP contribution is 2.43. The van der Waals surface area contributed by atoms with Crippen LogP contribution < -0.4 is 10.7 Å². The number of rotatable bonds is 9. The SMILES string of the molecule is C=CC(=O)N1CCOC2(C1)CN(C(=O)N(C)C(C(=O)N[C@H]1Cc3nc(cs3)-c3ccc4c(c3)c(c(-c3cccnc3[C@H](C)OC)n4CC(F)(F)F)CC(C)(C)COC(=O)[C@@H]3CCCN(N3)C1=O)C(C)C)C2. The van der Waals surface area contributed by atoms with E-state index in [1.165, 1.54) is 46.0 Å². The fraction of sp³-hybridized carbons (Fsp3) is 0.540. The molecule has 71 heavy (non-hydrogen) atoms. The Balaban J connectivity index is 1.14. The highest BCUT2D eigenvalue weighted by molar-refractivity contribution is 7.10. The van der Waals surface area contributed by atoms with Crippen molar-refractivity contribution in [2.75, 3.05) is 60.1 Å². The number of cyclic esters (lactones) is 1. The van der Waals surface area contributed by atoms with Crippen molar-refractivity contribution >= 4 is 52.0 Å². The van der Waals surface area contributed by atoms with Gasteiger partial charge in [-0.1, -0.05) is 40.3 Å². The third-order valence-electron chi connectivity index (χ3n) is 13.8. The molecule has 1 aromatic carbocycles. The van der Waals surface area contributed by atoms with E-state index in [9.17, 15) is 37.1 Å². The average Bonchev–Trinajstić information content (AvgIpc) is 3.91. The van der Waals surface area contributed by atoms with Crippen LogP contribution in [0.3, 0.4) is 0 Å². The van der Waals surface area contributed by atoms with Crippen molar-refractivity contribution in [1.29, 1.82) is 0 Å². The number of aromatic nitrogens is 3. The van der Waals surface area contributed by atoms with E-state index in [0.717, 1.165) is 0 Å². The Morgan fingerprint density at radius 1 is 1.11 bits per heavy atom. The number of hydrazine groups is 1. The summed E-state index contributed by atoms with van der Waals surface area (Å²) in [5.41, 5.74) is 4.82. The molecule has 0 radical (unpaired) electrons. The lowest BCUT2D eigenvalue weighted by Crippen LogP contribution is -2.73. The van der Waals surface area contributed by atoms with Gasteiger partial charge in [-0.05, 0) is 68.0 Å². The summed E-state index contributed by atoms with van der Waals surface area (Å²) in [4.78, 5) is 83.6. The number of amides is 5. The lowest BCUT2D eigenvalue weighted by molar-refractivity contribution is -0.178. The zero-order valence-corrected chi connectivity index (χ0v) is 42.0. The van der Waals surface area contributed by atoms with Gasteiger partial charge >= 0.3 is 18.2 Å². The van der Waals surface area contributed by atoms with E-state index >= 15 is 0 Å². The van der Waals surface area contributed by atoms with Crippen molar-refractivity contribution < 1.29 is 51.4 Å². The molecule has 4 aromatic rings. The van der Waals surface area contributed by atoms with E-state index in [2.05, 4.69) is 22.3 Å². The topological polar surface area (TPSA) is 181 Å². The summed E-state index contributed by atoms with van der Waals surface area (Å²) in [5, 5.41) is 7.10. The molecule has 0 saturated carbocycles. The molecule has 3 fully saturated rings. The largest absolute Gasteiger partial charge is 0.464 e. The molecule has 382 valence electrons. The second-order valence-electron chi connectivity index (χ2n) is 20.2. The Hall–Kier alpha value is -5.90. The molecule has 7 heterocycles. The van der Waals surface area contributed by atoms with Gasteiger partial charge in [-0.2, -0.15) is 13.2 Å². The number of alkyl halides is 3. The van der Waals surface area contributed by atoms with Gasteiger partial charge in [0.1, 0.15) is 30.3 Å². The number of pyridine rings is 1. The molecule has 21 heteroatoms. The van der Waals surface area contributed by atoms with Crippen LogP contribution in [0, 0.1) is 11.3 Å². The fourth-order valence-corrected chi connectivity index (χ4v) is 11.1. The van der Waals surface area contributed by atoms with E-state index in [-0.39, 0.29) is 45.0 Å². The second-order valence-corrected chi connectivity index (χ2v) is 21.1. The number of methoxy groups -OCH3 is 1. The Bertz CT molecular complexity index is 2700. The molecular formula is C50H62F3N9O8S.